The molecule has 8 nitrogen and oxygen atoms in total. The van der Waals surface area contributed by atoms with Gasteiger partial charge in [0, 0.05) is 6.20 Å². The monoisotopic (exact) mass is 398 g/mol. The van der Waals surface area contributed by atoms with Crippen LogP contribution < -0.4 is 5.32 Å². The van der Waals surface area contributed by atoms with E-state index in [2.05, 4.69) is 25.4 Å². The average molecular weight is 398 g/mol. The van der Waals surface area contributed by atoms with Crippen LogP contribution in [0.25, 0.3) is 22.1 Å². The Morgan fingerprint density at radius 2 is 1.90 bits per heavy atom. The highest BCUT2D eigenvalue weighted by molar-refractivity contribution is 6.10. The summed E-state index contributed by atoms with van der Waals surface area (Å²) in [4.78, 5) is 26.1. The van der Waals surface area contributed by atoms with Crippen molar-refractivity contribution in [2.24, 2.45) is 0 Å². The van der Waals surface area contributed by atoms with Gasteiger partial charge in [0.1, 0.15) is 5.76 Å². The number of hydrogen-bond donors (Lipinski definition) is 1. The summed E-state index contributed by atoms with van der Waals surface area (Å²) in [6.07, 6.45) is 1.69. The second kappa shape index (κ2) is 7.07. The lowest BCUT2D eigenvalue weighted by Gasteiger charge is -2.03. The summed E-state index contributed by atoms with van der Waals surface area (Å²) < 4.78 is 7.31. The van der Waals surface area contributed by atoms with E-state index >= 15 is 0 Å². The van der Waals surface area contributed by atoms with Crippen LogP contribution >= 0.6 is 0 Å². The van der Waals surface area contributed by atoms with Gasteiger partial charge in [-0.1, -0.05) is 30.3 Å². The zero-order chi connectivity index (χ0) is 20.7. The number of anilines is 1. The van der Waals surface area contributed by atoms with E-state index in [0.29, 0.717) is 23.3 Å². The van der Waals surface area contributed by atoms with Crippen molar-refractivity contribution in [1.82, 2.24) is 24.7 Å². The molecule has 1 N–H and O–H groups in total. The number of nitrogens with one attached hydrogen (secondary N) is 1. The van der Waals surface area contributed by atoms with Gasteiger partial charge in [0.2, 0.25) is 11.7 Å². The molecule has 1 amide bonds. The smallest absolute Gasteiger partial charge is 0.279 e. The van der Waals surface area contributed by atoms with Crippen LogP contribution in [0, 0.1) is 13.8 Å². The van der Waals surface area contributed by atoms with Crippen molar-refractivity contribution in [3.63, 3.8) is 0 Å². The van der Waals surface area contributed by atoms with Crippen LogP contribution in [-0.2, 0) is 6.54 Å². The van der Waals surface area contributed by atoms with Crippen molar-refractivity contribution < 1.29 is 9.21 Å². The summed E-state index contributed by atoms with van der Waals surface area (Å²) in [6.45, 7) is 4.20. The molecule has 0 saturated carbocycles. The second-order valence-electron chi connectivity index (χ2n) is 7.03. The van der Waals surface area contributed by atoms with Crippen molar-refractivity contribution in [1.29, 1.82) is 0 Å². The molecule has 0 aliphatic rings. The van der Waals surface area contributed by atoms with Crippen molar-refractivity contribution >= 4 is 34.0 Å². The third kappa shape index (κ3) is 3.18. The molecule has 8 heteroatoms. The quantitative estimate of drug-likeness (QED) is 0.493. The molecule has 0 aliphatic carbocycles. The first-order chi connectivity index (χ1) is 14.6. The Morgan fingerprint density at radius 1 is 1.07 bits per heavy atom. The number of pyridine rings is 1. The molecule has 4 aromatic heterocycles. The fraction of sp³-hybridized carbons (Fsp3) is 0.136. The summed E-state index contributed by atoms with van der Waals surface area (Å²) in [5, 5.41) is 8.77. The Morgan fingerprint density at radius 3 is 2.73 bits per heavy atom. The number of hydrogen-bond acceptors (Lipinski definition) is 6. The van der Waals surface area contributed by atoms with Crippen molar-refractivity contribution in [3.05, 3.63) is 77.4 Å². The lowest BCUT2D eigenvalue weighted by atomic mass is 10.2. The van der Waals surface area contributed by atoms with E-state index in [4.69, 9.17) is 4.42 Å². The number of carbonyl (C=O) groups is 1. The van der Waals surface area contributed by atoms with Gasteiger partial charge in [-0.25, -0.2) is 14.6 Å². The number of furan rings is 1. The normalized spacial score (nSPS) is 11.3. The maximum absolute atomic E-state index is 13.0. The van der Waals surface area contributed by atoms with Gasteiger partial charge in [0.05, 0.1) is 23.0 Å². The summed E-state index contributed by atoms with van der Waals surface area (Å²) in [5.41, 5.74) is 3.15. The molecule has 0 radical (unpaired) electrons. The zero-order valence-corrected chi connectivity index (χ0v) is 16.5. The van der Waals surface area contributed by atoms with E-state index < -0.39 is 5.91 Å². The predicted molar refractivity (Wildman–Crippen MR) is 112 cm³/mol. The number of carbonyl (C=O) groups excluding carboxylic acids is 1. The Hall–Kier alpha value is -4.07. The largest absolute Gasteiger partial charge is 0.443 e. The van der Waals surface area contributed by atoms with E-state index in [-0.39, 0.29) is 11.6 Å². The molecule has 30 heavy (non-hydrogen) atoms. The van der Waals surface area contributed by atoms with Crippen LogP contribution in [-0.4, -0.2) is 30.6 Å². The number of aryl methyl sites for hydroxylation is 2. The lowest BCUT2D eigenvalue weighted by Crippen LogP contribution is -2.16. The third-order valence-electron chi connectivity index (χ3n) is 4.83. The van der Waals surface area contributed by atoms with E-state index in [0.717, 1.165) is 22.4 Å². The Bertz CT molecular complexity index is 1390. The first-order valence-electron chi connectivity index (χ1n) is 9.50. The molecule has 0 saturated heterocycles. The zero-order valence-electron chi connectivity index (χ0n) is 16.5. The SMILES string of the molecule is Cc1cc2c(C)nc(NC(=O)c3nn(Cc4ccccc4)c4ncccc34)nc2o1. The molecule has 5 aromatic rings. The van der Waals surface area contributed by atoms with Gasteiger partial charge < -0.3 is 4.42 Å². The van der Waals surface area contributed by atoms with Gasteiger partial charge in [0.25, 0.3) is 5.91 Å². The van der Waals surface area contributed by atoms with Crippen LogP contribution in [0.4, 0.5) is 5.95 Å². The molecule has 0 bridgehead atoms. The minimum Gasteiger partial charge on any atom is -0.443 e. The molecule has 0 spiro atoms. The first kappa shape index (κ1) is 18.0. The number of rotatable bonds is 4. The van der Waals surface area contributed by atoms with Crippen molar-refractivity contribution in [2.45, 2.75) is 20.4 Å². The number of aromatic nitrogens is 5. The van der Waals surface area contributed by atoms with E-state index in [9.17, 15) is 4.79 Å². The molecule has 4 heterocycles. The van der Waals surface area contributed by atoms with Crippen LogP contribution in [0.3, 0.4) is 0 Å². The minimum atomic E-state index is -0.401. The van der Waals surface area contributed by atoms with E-state index in [1.807, 2.05) is 56.3 Å². The van der Waals surface area contributed by atoms with Crippen LogP contribution in [0.1, 0.15) is 27.5 Å². The molecule has 0 unspecified atom stereocenters. The number of nitrogens with zero attached hydrogens (tertiary/aromatic N) is 5. The van der Waals surface area contributed by atoms with Gasteiger partial charge >= 0.3 is 0 Å². The predicted octanol–water partition coefficient (Wildman–Crippen LogP) is 3.88. The second-order valence-corrected chi connectivity index (χ2v) is 7.03. The molecule has 5 rings (SSSR count). The topological polar surface area (TPSA) is 98.7 Å². The third-order valence-corrected chi connectivity index (χ3v) is 4.83. The number of benzene rings is 1. The standard InChI is InChI=1S/C22H18N6O2/c1-13-11-17-14(2)24-22(26-21(17)30-13)25-20(29)18-16-9-6-10-23-19(16)28(27-18)12-15-7-4-3-5-8-15/h3-11H,12H2,1-2H3,(H,24,25,26,29). The Balaban J connectivity index is 1.51. The molecular weight excluding hydrogens is 380 g/mol. The van der Waals surface area contributed by atoms with E-state index in [1.165, 1.54) is 0 Å². The van der Waals surface area contributed by atoms with Crippen LogP contribution in [0.15, 0.2) is 59.1 Å². The summed E-state index contributed by atoms with van der Waals surface area (Å²) in [7, 11) is 0. The molecule has 1 aromatic carbocycles. The number of fused-ring (bicyclic) bond motifs is 2. The minimum absolute atomic E-state index is 0.175. The highest BCUT2D eigenvalue weighted by atomic mass is 16.3. The molecule has 0 atom stereocenters. The maximum atomic E-state index is 13.0. The van der Waals surface area contributed by atoms with E-state index in [1.54, 1.807) is 16.9 Å². The fourth-order valence-electron chi connectivity index (χ4n) is 3.44. The Labute approximate surface area is 171 Å². The molecule has 0 fully saturated rings. The molecule has 148 valence electrons. The van der Waals surface area contributed by atoms with Gasteiger partial charge in [-0.2, -0.15) is 10.1 Å². The van der Waals surface area contributed by atoms with Crippen LogP contribution in [0.5, 0.6) is 0 Å². The van der Waals surface area contributed by atoms with Gasteiger partial charge in [-0.3, -0.25) is 10.1 Å². The van der Waals surface area contributed by atoms with Crippen molar-refractivity contribution in [3.8, 4) is 0 Å². The summed E-state index contributed by atoms with van der Waals surface area (Å²) in [5.74, 6) is 0.512. The van der Waals surface area contributed by atoms with Gasteiger partial charge in [-0.05, 0) is 37.6 Å². The highest BCUT2D eigenvalue weighted by Crippen LogP contribution is 2.22. The van der Waals surface area contributed by atoms with Gasteiger partial charge in [-0.15, -0.1) is 0 Å². The fourth-order valence-corrected chi connectivity index (χ4v) is 3.44. The first-order valence-corrected chi connectivity index (χ1v) is 9.50. The van der Waals surface area contributed by atoms with Crippen molar-refractivity contribution in [2.75, 3.05) is 5.32 Å². The average Bonchev–Trinajstić information content (AvgIpc) is 3.29. The molecule has 0 aliphatic heterocycles. The van der Waals surface area contributed by atoms with Crippen LogP contribution in [0.2, 0.25) is 0 Å². The Kier molecular flexibility index (Phi) is 4.24. The summed E-state index contributed by atoms with van der Waals surface area (Å²) >= 11 is 0. The lowest BCUT2D eigenvalue weighted by molar-refractivity contribution is 0.102. The molecular formula is C22H18N6O2. The number of amides is 1. The van der Waals surface area contributed by atoms with Gasteiger partial charge in [0.15, 0.2) is 11.3 Å². The maximum Gasteiger partial charge on any atom is 0.279 e. The highest BCUT2D eigenvalue weighted by Gasteiger charge is 2.20. The summed E-state index contributed by atoms with van der Waals surface area (Å²) in [6, 6.07) is 15.4.